The Labute approximate surface area is 59.7 Å². The van der Waals surface area contributed by atoms with Gasteiger partial charge in [-0.15, -0.1) is 0 Å². The van der Waals surface area contributed by atoms with E-state index in [1.807, 2.05) is 0 Å². The molecule has 1 fully saturated rings. The molecule has 0 spiro atoms. The molecule has 0 aromatic heterocycles. The Morgan fingerprint density at radius 3 is 2.30 bits per heavy atom. The van der Waals surface area contributed by atoms with E-state index in [1.54, 1.807) is 0 Å². The van der Waals surface area contributed by atoms with Crippen molar-refractivity contribution in [1.82, 2.24) is 0 Å². The second kappa shape index (κ2) is 3.01. The van der Waals surface area contributed by atoms with Gasteiger partial charge in [0.2, 0.25) is 0 Å². The number of aliphatic carboxylic acids is 1. The van der Waals surface area contributed by atoms with Crippen LogP contribution in [0.3, 0.4) is 0 Å². The molecule has 0 saturated heterocycles. The van der Waals surface area contributed by atoms with Gasteiger partial charge >= 0.3 is 5.97 Å². The zero-order chi connectivity index (χ0) is 7.56. The van der Waals surface area contributed by atoms with Crippen molar-refractivity contribution in [3.05, 3.63) is 0 Å². The first-order chi connectivity index (χ1) is 4.72. The van der Waals surface area contributed by atoms with Crippen LogP contribution in [0.2, 0.25) is 0 Å². The first-order valence-electron chi connectivity index (χ1n) is 3.62. The van der Waals surface area contributed by atoms with Crippen molar-refractivity contribution in [3.63, 3.8) is 0 Å². The monoisotopic (exact) mass is 144 g/mol. The van der Waals surface area contributed by atoms with Gasteiger partial charge < -0.3 is 10.2 Å². The first kappa shape index (κ1) is 7.54. The van der Waals surface area contributed by atoms with E-state index in [0.29, 0.717) is 0 Å². The smallest absolute Gasteiger partial charge is 0.332 e. The molecule has 58 valence electrons. The maximum atomic E-state index is 10.2. The molecule has 0 aliphatic heterocycles. The molecule has 0 aromatic carbocycles. The number of rotatable bonds is 2. The minimum atomic E-state index is -1.12. The van der Waals surface area contributed by atoms with Crippen molar-refractivity contribution >= 4 is 5.97 Å². The molecule has 10 heavy (non-hydrogen) atoms. The van der Waals surface area contributed by atoms with Gasteiger partial charge in [-0.3, -0.25) is 0 Å². The van der Waals surface area contributed by atoms with Crippen LogP contribution in [0, 0.1) is 5.92 Å². The number of carboxylic acid groups (broad SMARTS) is 1. The van der Waals surface area contributed by atoms with Gasteiger partial charge in [-0.05, 0) is 18.8 Å². The molecule has 1 rings (SSSR count). The Kier molecular flexibility index (Phi) is 2.27. The normalized spacial score (nSPS) is 22.9. The van der Waals surface area contributed by atoms with E-state index < -0.39 is 12.1 Å². The third-order valence-electron chi connectivity index (χ3n) is 2.10. The number of hydrogen-bond donors (Lipinski definition) is 2. The SMILES string of the molecule is O=C(O)[C@H](O)C1CCCC1. The molecule has 1 aliphatic carbocycles. The largest absolute Gasteiger partial charge is 0.479 e. The summed E-state index contributed by atoms with van der Waals surface area (Å²) in [6, 6.07) is 0. The first-order valence-corrected chi connectivity index (χ1v) is 3.62. The number of aliphatic hydroxyl groups is 1. The number of aliphatic hydroxyl groups excluding tert-OH is 1. The second-order valence-corrected chi connectivity index (χ2v) is 2.83. The number of carboxylic acids is 1. The van der Waals surface area contributed by atoms with Crippen LogP contribution in [-0.4, -0.2) is 22.3 Å². The third kappa shape index (κ3) is 1.48. The van der Waals surface area contributed by atoms with Crippen LogP contribution < -0.4 is 0 Å². The molecule has 3 heteroatoms. The minimum absolute atomic E-state index is 0.0116. The van der Waals surface area contributed by atoms with Crippen molar-refractivity contribution < 1.29 is 15.0 Å². The standard InChI is InChI=1S/C7H12O3/c8-6(7(9)10)5-3-1-2-4-5/h5-6,8H,1-4H2,(H,9,10)/t6-/m1/s1. The lowest BCUT2D eigenvalue weighted by molar-refractivity contribution is -0.149. The molecule has 0 aromatic rings. The van der Waals surface area contributed by atoms with Gasteiger partial charge in [-0.25, -0.2) is 4.79 Å². The summed E-state index contributed by atoms with van der Waals surface area (Å²) in [6.45, 7) is 0. The van der Waals surface area contributed by atoms with Crippen LogP contribution in [0.5, 0.6) is 0 Å². The molecule has 1 saturated carbocycles. The molecule has 0 unspecified atom stereocenters. The Bertz CT molecular complexity index is 127. The molecule has 0 amide bonds. The summed E-state index contributed by atoms with van der Waals surface area (Å²) >= 11 is 0. The van der Waals surface area contributed by atoms with Gasteiger partial charge in [-0.2, -0.15) is 0 Å². The number of carbonyl (C=O) groups is 1. The van der Waals surface area contributed by atoms with E-state index in [1.165, 1.54) is 0 Å². The summed E-state index contributed by atoms with van der Waals surface area (Å²) < 4.78 is 0. The Hall–Kier alpha value is -0.570. The van der Waals surface area contributed by atoms with E-state index in [2.05, 4.69) is 0 Å². The van der Waals surface area contributed by atoms with Crippen molar-refractivity contribution in [3.8, 4) is 0 Å². The van der Waals surface area contributed by atoms with Gasteiger partial charge in [0.05, 0.1) is 0 Å². The van der Waals surface area contributed by atoms with Crippen LogP contribution >= 0.6 is 0 Å². The van der Waals surface area contributed by atoms with E-state index in [9.17, 15) is 4.79 Å². The van der Waals surface area contributed by atoms with Gasteiger partial charge in [0, 0.05) is 0 Å². The lowest BCUT2D eigenvalue weighted by Gasteiger charge is -2.11. The molecule has 2 N–H and O–H groups in total. The van der Waals surface area contributed by atoms with Crippen LogP contribution in [0.4, 0.5) is 0 Å². The highest BCUT2D eigenvalue weighted by Crippen LogP contribution is 2.27. The summed E-state index contributed by atoms with van der Waals surface area (Å²) in [4.78, 5) is 10.2. The van der Waals surface area contributed by atoms with Crippen molar-refractivity contribution in [2.75, 3.05) is 0 Å². The minimum Gasteiger partial charge on any atom is -0.479 e. The van der Waals surface area contributed by atoms with E-state index in [0.717, 1.165) is 25.7 Å². The molecule has 0 bridgehead atoms. The highest BCUT2D eigenvalue weighted by atomic mass is 16.4. The highest BCUT2D eigenvalue weighted by Gasteiger charge is 2.27. The third-order valence-corrected chi connectivity index (χ3v) is 2.10. The van der Waals surface area contributed by atoms with Gasteiger partial charge in [-0.1, -0.05) is 12.8 Å². The van der Waals surface area contributed by atoms with Gasteiger partial charge in [0.15, 0.2) is 6.10 Å². The highest BCUT2D eigenvalue weighted by molar-refractivity contribution is 5.72. The van der Waals surface area contributed by atoms with Gasteiger partial charge in [0.25, 0.3) is 0 Å². The fourth-order valence-corrected chi connectivity index (χ4v) is 1.47. The summed E-state index contributed by atoms with van der Waals surface area (Å²) in [5.41, 5.74) is 0. The predicted molar refractivity (Wildman–Crippen MR) is 35.6 cm³/mol. The lowest BCUT2D eigenvalue weighted by atomic mass is 10.0. The predicted octanol–water partition coefficient (Wildman–Crippen LogP) is 0.622. The summed E-state index contributed by atoms with van der Waals surface area (Å²) in [5, 5.41) is 17.4. The summed E-state index contributed by atoms with van der Waals surface area (Å²) in [6.07, 6.45) is 2.74. The maximum absolute atomic E-state index is 10.2. The fourth-order valence-electron chi connectivity index (χ4n) is 1.47. The average molecular weight is 144 g/mol. The van der Waals surface area contributed by atoms with E-state index in [4.69, 9.17) is 10.2 Å². The van der Waals surface area contributed by atoms with Gasteiger partial charge in [0.1, 0.15) is 0 Å². The zero-order valence-electron chi connectivity index (χ0n) is 5.79. The maximum Gasteiger partial charge on any atom is 0.332 e. The molecular formula is C7H12O3. The fraction of sp³-hybridized carbons (Fsp3) is 0.857. The Morgan fingerprint density at radius 2 is 1.90 bits per heavy atom. The molecule has 1 aliphatic rings. The second-order valence-electron chi connectivity index (χ2n) is 2.83. The summed E-state index contributed by atoms with van der Waals surface area (Å²) in [5.74, 6) is -1.07. The van der Waals surface area contributed by atoms with Crippen LogP contribution in [0.1, 0.15) is 25.7 Å². The molecule has 1 atom stereocenters. The van der Waals surface area contributed by atoms with Crippen LogP contribution in [0.15, 0.2) is 0 Å². The van der Waals surface area contributed by atoms with Crippen molar-refractivity contribution in [2.45, 2.75) is 31.8 Å². The molecule has 0 radical (unpaired) electrons. The summed E-state index contributed by atoms with van der Waals surface area (Å²) in [7, 11) is 0. The van der Waals surface area contributed by atoms with Crippen LogP contribution in [-0.2, 0) is 4.79 Å². The van der Waals surface area contributed by atoms with Crippen molar-refractivity contribution in [1.29, 1.82) is 0 Å². The van der Waals surface area contributed by atoms with E-state index in [-0.39, 0.29) is 5.92 Å². The van der Waals surface area contributed by atoms with Crippen LogP contribution in [0.25, 0.3) is 0 Å². The van der Waals surface area contributed by atoms with E-state index >= 15 is 0 Å². The Balaban J connectivity index is 2.39. The lowest BCUT2D eigenvalue weighted by Crippen LogP contribution is -2.27. The Morgan fingerprint density at radius 1 is 1.40 bits per heavy atom. The molecule has 0 heterocycles. The quantitative estimate of drug-likeness (QED) is 0.597. The zero-order valence-corrected chi connectivity index (χ0v) is 5.79. The molecular weight excluding hydrogens is 132 g/mol. The van der Waals surface area contributed by atoms with Crippen molar-refractivity contribution in [2.24, 2.45) is 5.92 Å². The number of hydrogen-bond acceptors (Lipinski definition) is 2. The molecule has 3 nitrogen and oxygen atoms in total. The average Bonchev–Trinajstić information content (AvgIpc) is 2.36. The topological polar surface area (TPSA) is 57.5 Å².